The summed E-state index contributed by atoms with van der Waals surface area (Å²) >= 11 is 0. The minimum Gasteiger partial charge on any atom is -0.334 e. The summed E-state index contributed by atoms with van der Waals surface area (Å²) in [6.45, 7) is 6.93. The van der Waals surface area contributed by atoms with E-state index in [1.807, 2.05) is 19.1 Å². The molecule has 5 nitrogen and oxygen atoms in total. The van der Waals surface area contributed by atoms with Gasteiger partial charge in [-0.2, -0.15) is 0 Å². The Morgan fingerprint density at radius 1 is 1.06 bits per heavy atom. The third-order valence-corrected chi connectivity index (χ3v) is 6.37. The SMILES string of the molecule is CCc1cc(NC(=O)NC2CCN(CCC(c3ccccc3)c3ccccc3)C2)cc(C)n1. The third kappa shape index (κ3) is 6.42. The standard InChI is InChI=1S/C28H34N4O/c1-3-24-19-26(18-21(2)29-24)31-28(33)30-25-14-16-32(20-25)17-15-27(22-10-6-4-7-11-22)23-12-8-5-9-13-23/h4-13,18-19,25,27H,3,14-17,20H2,1-2H3,(H2,29,30,31,33). The van der Waals surface area contributed by atoms with Crippen LogP contribution < -0.4 is 10.6 Å². The van der Waals surface area contributed by atoms with Gasteiger partial charge in [0.15, 0.2) is 0 Å². The number of nitrogens with zero attached hydrogens (tertiary/aromatic N) is 2. The maximum absolute atomic E-state index is 12.6. The van der Waals surface area contributed by atoms with Gasteiger partial charge in [0.25, 0.3) is 0 Å². The second kappa shape index (κ2) is 11.1. The summed E-state index contributed by atoms with van der Waals surface area (Å²) < 4.78 is 0. The number of hydrogen-bond donors (Lipinski definition) is 2. The summed E-state index contributed by atoms with van der Waals surface area (Å²) in [5, 5.41) is 6.14. The highest BCUT2D eigenvalue weighted by Crippen LogP contribution is 2.28. The summed E-state index contributed by atoms with van der Waals surface area (Å²) in [4.78, 5) is 19.5. The van der Waals surface area contributed by atoms with Gasteiger partial charge in [-0.25, -0.2) is 4.79 Å². The number of anilines is 1. The Hall–Kier alpha value is -3.18. The number of aromatic nitrogens is 1. The predicted octanol–water partition coefficient (Wildman–Crippen LogP) is 5.37. The molecule has 0 saturated carbocycles. The molecular formula is C28H34N4O. The van der Waals surface area contributed by atoms with Crippen LogP contribution in [0.5, 0.6) is 0 Å². The summed E-state index contributed by atoms with van der Waals surface area (Å²) in [5.74, 6) is 0.380. The Morgan fingerprint density at radius 2 is 1.73 bits per heavy atom. The lowest BCUT2D eigenvalue weighted by Crippen LogP contribution is -2.39. The number of rotatable bonds is 8. The minimum atomic E-state index is -0.138. The number of aryl methyl sites for hydroxylation is 2. The van der Waals surface area contributed by atoms with Crippen LogP contribution in [0.1, 0.15) is 48.2 Å². The maximum atomic E-state index is 12.6. The first-order chi connectivity index (χ1) is 16.1. The van der Waals surface area contributed by atoms with Crippen LogP contribution >= 0.6 is 0 Å². The Bertz CT molecular complexity index is 999. The van der Waals surface area contributed by atoms with Crippen LogP contribution in [0.3, 0.4) is 0 Å². The molecule has 3 aromatic rings. The lowest BCUT2D eigenvalue weighted by atomic mass is 9.88. The average Bonchev–Trinajstić information content (AvgIpc) is 3.27. The maximum Gasteiger partial charge on any atom is 0.319 e. The molecule has 172 valence electrons. The summed E-state index contributed by atoms with van der Waals surface area (Å²) in [7, 11) is 0. The van der Waals surface area contributed by atoms with Crippen molar-refractivity contribution < 1.29 is 4.79 Å². The van der Waals surface area contributed by atoms with E-state index in [2.05, 4.69) is 88.1 Å². The minimum absolute atomic E-state index is 0.138. The number of carbonyl (C=O) groups is 1. The molecule has 0 bridgehead atoms. The molecule has 2 aromatic carbocycles. The Balaban J connectivity index is 1.30. The number of likely N-dealkylation sites (tertiary alicyclic amines) is 1. The number of amides is 2. The van der Waals surface area contributed by atoms with Crippen molar-refractivity contribution >= 4 is 11.7 Å². The van der Waals surface area contributed by atoms with Gasteiger partial charge in [-0.15, -0.1) is 0 Å². The van der Waals surface area contributed by atoms with Crippen molar-refractivity contribution in [2.75, 3.05) is 25.0 Å². The van der Waals surface area contributed by atoms with Crippen LogP contribution in [-0.2, 0) is 6.42 Å². The van der Waals surface area contributed by atoms with Crippen molar-refractivity contribution in [1.29, 1.82) is 0 Å². The molecule has 4 rings (SSSR count). The monoisotopic (exact) mass is 442 g/mol. The molecule has 1 fully saturated rings. The van der Waals surface area contributed by atoms with Crippen molar-refractivity contribution in [2.45, 2.75) is 45.1 Å². The lowest BCUT2D eigenvalue weighted by Gasteiger charge is -2.22. The molecule has 2 N–H and O–H groups in total. The van der Waals surface area contributed by atoms with Crippen LogP contribution in [-0.4, -0.2) is 41.6 Å². The van der Waals surface area contributed by atoms with Crippen LogP contribution in [0.15, 0.2) is 72.8 Å². The summed E-state index contributed by atoms with van der Waals surface area (Å²) in [6, 6.07) is 25.4. The zero-order valence-electron chi connectivity index (χ0n) is 19.6. The van der Waals surface area contributed by atoms with Gasteiger partial charge in [-0.3, -0.25) is 4.98 Å². The first-order valence-corrected chi connectivity index (χ1v) is 12.0. The zero-order chi connectivity index (χ0) is 23.0. The average molecular weight is 443 g/mol. The Kier molecular flexibility index (Phi) is 7.74. The van der Waals surface area contributed by atoms with Gasteiger partial charge in [-0.1, -0.05) is 67.6 Å². The predicted molar refractivity (Wildman–Crippen MR) is 135 cm³/mol. The molecule has 1 saturated heterocycles. The van der Waals surface area contributed by atoms with Crippen molar-refractivity contribution in [3.63, 3.8) is 0 Å². The number of nitrogens with one attached hydrogen (secondary N) is 2. The number of benzene rings is 2. The number of urea groups is 1. The normalized spacial score (nSPS) is 16.2. The first-order valence-electron chi connectivity index (χ1n) is 12.0. The van der Waals surface area contributed by atoms with Crippen molar-refractivity contribution in [3.05, 3.63) is 95.3 Å². The Morgan fingerprint density at radius 3 is 2.36 bits per heavy atom. The summed E-state index contributed by atoms with van der Waals surface area (Å²) in [5.41, 5.74) is 5.43. The van der Waals surface area contributed by atoms with E-state index in [1.54, 1.807) is 0 Å². The topological polar surface area (TPSA) is 57.3 Å². The molecule has 2 amide bonds. The van der Waals surface area contributed by atoms with E-state index in [1.165, 1.54) is 11.1 Å². The molecular weight excluding hydrogens is 408 g/mol. The highest BCUT2D eigenvalue weighted by molar-refractivity contribution is 5.89. The lowest BCUT2D eigenvalue weighted by molar-refractivity contribution is 0.247. The highest BCUT2D eigenvalue weighted by Gasteiger charge is 2.25. The number of carbonyl (C=O) groups excluding carboxylic acids is 1. The number of hydrogen-bond acceptors (Lipinski definition) is 3. The molecule has 0 radical (unpaired) electrons. The number of pyridine rings is 1. The fraction of sp³-hybridized carbons (Fsp3) is 0.357. The van der Waals surface area contributed by atoms with Crippen LogP contribution in [0, 0.1) is 6.92 Å². The van der Waals surface area contributed by atoms with Gasteiger partial charge in [0.2, 0.25) is 0 Å². The zero-order valence-corrected chi connectivity index (χ0v) is 19.6. The third-order valence-electron chi connectivity index (χ3n) is 6.37. The Labute approximate surface area is 197 Å². The van der Waals surface area contributed by atoms with E-state index in [-0.39, 0.29) is 12.1 Å². The molecule has 5 heteroatoms. The van der Waals surface area contributed by atoms with E-state index < -0.39 is 0 Å². The second-order valence-corrected chi connectivity index (χ2v) is 8.89. The van der Waals surface area contributed by atoms with Crippen LogP contribution in [0.25, 0.3) is 0 Å². The molecule has 0 spiro atoms. The quantitative estimate of drug-likeness (QED) is 0.493. The van der Waals surface area contributed by atoms with E-state index in [0.717, 1.165) is 56.0 Å². The smallest absolute Gasteiger partial charge is 0.319 e. The van der Waals surface area contributed by atoms with Crippen LogP contribution in [0.4, 0.5) is 10.5 Å². The van der Waals surface area contributed by atoms with Gasteiger partial charge in [0, 0.05) is 42.1 Å². The molecule has 1 aromatic heterocycles. The molecule has 0 aliphatic carbocycles. The van der Waals surface area contributed by atoms with Gasteiger partial charge in [0.1, 0.15) is 0 Å². The molecule has 1 aliphatic rings. The van der Waals surface area contributed by atoms with Gasteiger partial charge in [-0.05, 0) is 56.0 Å². The van der Waals surface area contributed by atoms with E-state index in [0.29, 0.717) is 5.92 Å². The molecule has 1 atom stereocenters. The fourth-order valence-electron chi connectivity index (χ4n) is 4.70. The molecule has 1 aliphatic heterocycles. The van der Waals surface area contributed by atoms with Crippen molar-refractivity contribution in [3.8, 4) is 0 Å². The highest BCUT2D eigenvalue weighted by atomic mass is 16.2. The van der Waals surface area contributed by atoms with E-state index in [4.69, 9.17) is 0 Å². The van der Waals surface area contributed by atoms with Crippen molar-refractivity contribution in [1.82, 2.24) is 15.2 Å². The van der Waals surface area contributed by atoms with Gasteiger partial charge >= 0.3 is 6.03 Å². The van der Waals surface area contributed by atoms with E-state index >= 15 is 0 Å². The van der Waals surface area contributed by atoms with Gasteiger partial charge < -0.3 is 15.5 Å². The summed E-state index contributed by atoms with van der Waals surface area (Å²) in [6.07, 6.45) is 2.88. The largest absolute Gasteiger partial charge is 0.334 e. The fourth-order valence-corrected chi connectivity index (χ4v) is 4.70. The molecule has 33 heavy (non-hydrogen) atoms. The molecule has 2 heterocycles. The molecule has 1 unspecified atom stereocenters. The van der Waals surface area contributed by atoms with E-state index in [9.17, 15) is 4.79 Å². The first kappa shape index (κ1) is 23.0. The second-order valence-electron chi connectivity index (χ2n) is 8.89. The van der Waals surface area contributed by atoms with Crippen molar-refractivity contribution in [2.24, 2.45) is 0 Å². The van der Waals surface area contributed by atoms with Gasteiger partial charge in [0.05, 0.1) is 0 Å². The van der Waals surface area contributed by atoms with Crippen LogP contribution in [0.2, 0.25) is 0 Å².